The molecule has 0 spiro atoms. The Labute approximate surface area is 189 Å². The number of aromatic nitrogens is 2. The van der Waals surface area contributed by atoms with Crippen molar-refractivity contribution in [2.24, 2.45) is 0 Å². The predicted octanol–water partition coefficient (Wildman–Crippen LogP) is 2.82. The highest BCUT2D eigenvalue weighted by atomic mass is 32.2. The number of hydrogen-bond donors (Lipinski definition) is 0. The highest BCUT2D eigenvalue weighted by Crippen LogP contribution is 2.26. The fourth-order valence-electron chi connectivity index (χ4n) is 4.16. The van der Waals surface area contributed by atoms with Crippen LogP contribution in [0.15, 0.2) is 29.2 Å². The molecule has 3 heterocycles. The minimum Gasteiger partial charge on any atom is -0.491 e. The number of rotatable bonds is 6. The largest absolute Gasteiger partial charge is 0.491 e. The summed E-state index contributed by atoms with van der Waals surface area (Å²) >= 11 is 0. The first-order valence-corrected chi connectivity index (χ1v) is 12.6. The van der Waals surface area contributed by atoms with E-state index in [0.29, 0.717) is 32.8 Å². The van der Waals surface area contributed by atoms with E-state index in [1.165, 1.54) is 22.9 Å². The molecule has 174 valence electrons. The van der Waals surface area contributed by atoms with Crippen molar-refractivity contribution in [3.05, 3.63) is 35.8 Å². The van der Waals surface area contributed by atoms with E-state index >= 15 is 0 Å². The van der Waals surface area contributed by atoms with Crippen LogP contribution in [0.25, 0.3) is 0 Å². The molecule has 0 saturated carbocycles. The number of piperidine rings is 1. The smallest absolute Gasteiger partial charge is 0.243 e. The highest BCUT2D eigenvalue weighted by Gasteiger charge is 2.30. The molecule has 10 heteroatoms. The molecule has 2 aromatic rings. The van der Waals surface area contributed by atoms with Crippen molar-refractivity contribution in [2.75, 3.05) is 55.7 Å². The van der Waals surface area contributed by atoms with Gasteiger partial charge in [0.25, 0.3) is 0 Å². The fourth-order valence-corrected chi connectivity index (χ4v) is 5.59. The number of benzene rings is 1. The number of anilines is 2. The Morgan fingerprint density at radius 3 is 2.34 bits per heavy atom. The van der Waals surface area contributed by atoms with Crippen molar-refractivity contribution in [3.8, 4) is 5.75 Å². The lowest BCUT2D eigenvalue weighted by Gasteiger charge is -2.35. The molecule has 0 N–H and O–H groups in total. The number of piperazine rings is 1. The van der Waals surface area contributed by atoms with Crippen molar-refractivity contribution in [1.82, 2.24) is 14.3 Å². The molecule has 2 saturated heterocycles. The molecule has 32 heavy (non-hydrogen) atoms. The van der Waals surface area contributed by atoms with Crippen LogP contribution in [0.2, 0.25) is 0 Å². The van der Waals surface area contributed by atoms with Crippen LogP contribution in [0.5, 0.6) is 5.75 Å². The molecular weight excluding hydrogens is 433 g/mol. The van der Waals surface area contributed by atoms with Gasteiger partial charge in [-0.05, 0) is 51.3 Å². The van der Waals surface area contributed by atoms with Gasteiger partial charge in [0, 0.05) is 51.0 Å². The van der Waals surface area contributed by atoms with Crippen LogP contribution >= 0.6 is 0 Å². The summed E-state index contributed by atoms with van der Waals surface area (Å²) in [5.41, 5.74) is 0.899. The number of nitrogens with zero attached hydrogens (tertiary/aromatic N) is 5. The lowest BCUT2D eigenvalue weighted by atomic mass is 10.1. The molecule has 1 aromatic carbocycles. The lowest BCUT2D eigenvalue weighted by Crippen LogP contribution is -2.49. The Kier molecular flexibility index (Phi) is 6.80. The van der Waals surface area contributed by atoms with Gasteiger partial charge in [-0.2, -0.15) is 9.29 Å². The van der Waals surface area contributed by atoms with Crippen molar-refractivity contribution in [2.45, 2.75) is 38.0 Å². The van der Waals surface area contributed by atoms with Gasteiger partial charge in [-0.3, -0.25) is 0 Å². The van der Waals surface area contributed by atoms with Crippen molar-refractivity contribution < 1.29 is 17.5 Å². The maximum atomic E-state index is 14.2. The normalized spacial score (nSPS) is 18.1. The molecule has 0 radical (unpaired) electrons. The molecule has 2 aliphatic heterocycles. The number of ether oxygens (including phenoxy) is 1. The average molecular weight is 464 g/mol. The number of aryl methyl sites for hydroxylation is 1. The third-order valence-corrected chi connectivity index (χ3v) is 7.77. The summed E-state index contributed by atoms with van der Waals surface area (Å²) in [6.07, 6.45) is 3.54. The topological polar surface area (TPSA) is 78.9 Å². The van der Waals surface area contributed by atoms with E-state index in [9.17, 15) is 12.8 Å². The Hall–Kier alpha value is -2.46. The SMILES string of the molecule is CCOc1ccc(S(=O)(=O)N2CCN(c3cc(C)nc(N4CCCCC4)n3)CC2)cc1F. The highest BCUT2D eigenvalue weighted by molar-refractivity contribution is 7.89. The zero-order valence-electron chi connectivity index (χ0n) is 18.6. The van der Waals surface area contributed by atoms with Gasteiger partial charge in [0.05, 0.1) is 11.5 Å². The van der Waals surface area contributed by atoms with Gasteiger partial charge in [0.2, 0.25) is 16.0 Å². The van der Waals surface area contributed by atoms with Gasteiger partial charge in [0.1, 0.15) is 5.82 Å². The van der Waals surface area contributed by atoms with Crippen LogP contribution in [0.3, 0.4) is 0 Å². The van der Waals surface area contributed by atoms with Gasteiger partial charge >= 0.3 is 0 Å². The van der Waals surface area contributed by atoms with Crippen molar-refractivity contribution >= 4 is 21.8 Å². The summed E-state index contributed by atoms with van der Waals surface area (Å²) in [4.78, 5) is 13.6. The predicted molar refractivity (Wildman–Crippen MR) is 121 cm³/mol. The fraction of sp³-hybridized carbons (Fsp3) is 0.545. The second-order valence-electron chi connectivity index (χ2n) is 8.13. The number of sulfonamides is 1. The van der Waals surface area contributed by atoms with Crippen molar-refractivity contribution in [3.63, 3.8) is 0 Å². The summed E-state index contributed by atoms with van der Waals surface area (Å²) in [5.74, 6) is 0.954. The molecule has 1 aromatic heterocycles. The third kappa shape index (κ3) is 4.80. The van der Waals surface area contributed by atoms with Gasteiger partial charge < -0.3 is 14.5 Å². The van der Waals surface area contributed by atoms with Crippen LogP contribution in [-0.2, 0) is 10.0 Å². The van der Waals surface area contributed by atoms with Gasteiger partial charge in [-0.1, -0.05) is 0 Å². The quantitative estimate of drug-likeness (QED) is 0.652. The summed E-state index contributed by atoms with van der Waals surface area (Å²) in [7, 11) is -3.79. The average Bonchev–Trinajstić information content (AvgIpc) is 2.81. The summed E-state index contributed by atoms with van der Waals surface area (Å²) in [6, 6.07) is 5.74. The van der Waals surface area contributed by atoms with E-state index in [2.05, 4.69) is 14.8 Å². The minimum absolute atomic E-state index is 0.0555. The van der Waals surface area contributed by atoms with Crippen molar-refractivity contribution in [1.29, 1.82) is 0 Å². The van der Waals surface area contributed by atoms with Gasteiger partial charge in [0.15, 0.2) is 11.6 Å². The Morgan fingerprint density at radius 1 is 0.969 bits per heavy atom. The number of halogens is 1. The lowest BCUT2D eigenvalue weighted by molar-refractivity contribution is 0.321. The molecule has 0 aliphatic carbocycles. The van der Waals surface area contributed by atoms with Gasteiger partial charge in [-0.25, -0.2) is 17.8 Å². The first-order chi connectivity index (χ1) is 15.4. The summed E-state index contributed by atoms with van der Waals surface area (Å²) in [5, 5.41) is 0. The Morgan fingerprint density at radius 2 is 1.69 bits per heavy atom. The van der Waals surface area contributed by atoms with E-state index in [-0.39, 0.29) is 10.6 Å². The third-order valence-electron chi connectivity index (χ3n) is 5.87. The molecule has 2 fully saturated rings. The molecular formula is C22H30FN5O3S. The zero-order chi connectivity index (χ0) is 22.7. The van der Waals surface area contributed by atoms with E-state index < -0.39 is 15.8 Å². The summed E-state index contributed by atoms with van der Waals surface area (Å²) in [6.45, 7) is 7.58. The molecule has 2 aliphatic rings. The second kappa shape index (κ2) is 9.58. The first-order valence-electron chi connectivity index (χ1n) is 11.2. The van der Waals surface area contributed by atoms with E-state index in [1.54, 1.807) is 6.92 Å². The number of hydrogen-bond acceptors (Lipinski definition) is 7. The van der Waals surface area contributed by atoms with Crippen LogP contribution < -0.4 is 14.5 Å². The van der Waals surface area contributed by atoms with Crippen LogP contribution in [0.4, 0.5) is 16.2 Å². The maximum absolute atomic E-state index is 14.2. The monoisotopic (exact) mass is 463 g/mol. The van der Waals surface area contributed by atoms with E-state index in [4.69, 9.17) is 9.72 Å². The Bertz CT molecular complexity index is 1050. The Balaban J connectivity index is 1.46. The minimum atomic E-state index is -3.79. The zero-order valence-corrected chi connectivity index (χ0v) is 19.4. The van der Waals surface area contributed by atoms with E-state index in [0.717, 1.165) is 49.5 Å². The summed E-state index contributed by atoms with van der Waals surface area (Å²) < 4.78 is 46.9. The van der Waals surface area contributed by atoms with E-state index in [1.807, 2.05) is 13.0 Å². The van der Waals surface area contributed by atoms with Crippen LogP contribution in [-0.4, -0.2) is 68.6 Å². The molecule has 0 unspecified atom stereocenters. The van der Waals surface area contributed by atoms with Crippen LogP contribution in [0.1, 0.15) is 31.9 Å². The molecule has 0 amide bonds. The molecule has 0 bridgehead atoms. The molecule has 0 atom stereocenters. The maximum Gasteiger partial charge on any atom is 0.243 e. The second-order valence-corrected chi connectivity index (χ2v) is 10.1. The first kappa shape index (κ1) is 22.7. The molecule has 4 rings (SSSR count). The standard InChI is InChI=1S/C22H30FN5O3S/c1-3-31-20-8-7-18(16-19(20)23)32(29,30)28-13-11-26(12-14-28)21-15-17(2)24-22(25-21)27-9-5-4-6-10-27/h7-8,15-16H,3-6,9-14H2,1-2H3. The van der Waals surface area contributed by atoms with Gasteiger partial charge in [-0.15, -0.1) is 0 Å². The molecule has 8 nitrogen and oxygen atoms in total. The van der Waals surface area contributed by atoms with Crippen LogP contribution in [0, 0.1) is 12.7 Å².